The fourth-order valence-corrected chi connectivity index (χ4v) is 1.83. The summed E-state index contributed by atoms with van der Waals surface area (Å²) in [6.07, 6.45) is 1.73. The average molecular weight is 180 g/mol. The molecule has 2 aromatic heterocycles. The van der Waals surface area contributed by atoms with Gasteiger partial charge >= 0.3 is 0 Å². The summed E-state index contributed by atoms with van der Waals surface area (Å²) in [5.41, 5.74) is 3.93. The van der Waals surface area contributed by atoms with Gasteiger partial charge in [-0.25, -0.2) is 9.97 Å². The molecule has 0 fully saturated rings. The number of fused-ring (bicyclic) bond motifs is 1. The van der Waals surface area contributed by atoms with Crippen molar-refractivity contribution in [3.63, 3.8) is 0 Å². The predicted molar refractivity (Wildman–Crippen MR) is 48.1 cm³/mol. The van der Waals surface area contributed by atoms with Gasteiger partial charge in [-0.05, 0) is 0 Å². The van der Waals surface area contributed by atoms with E-state index in [-0.39, 0.29) is 0 Å². The van der Waals surface area contributed by atoms with Gasteiger partial charge in [-0.15, -0.1) is 0 Å². The van der Waals surface area contributed by atoms with E-state index in [1.165, 1.54) is 0 Å². The number of H-pyrrole nitrogens is 1. The number of rotatable bonds is 1. The average Bonchev–Trinajstić information content (AvgIpc) is 2.49. The number of aromatic amines is 1. The Morgan fingerprint density at radius 3 is 3.00 bits per heavy atom. The van der Waals surface area contributed by atoms with Gasteiger partial charge < -0.3 is 0 Å². The Bertz CT molecular complexity index is 394. The van der Waals surface area contributed by atoms with Gasteiger partial charge in [0, 0.05) is 5.92 Å². The zero-order chi connectivity index (χ0) is 8.55. The van der Waals surface area contributed by atoms with Gasteiger partial charge in [-0.3, -0.25) is 0 Å². The minimum Gasteiger partial charge on any atom is -0.236 e. The Morgan fingerprint density at radius 1 is 1.42 bits per heavy atom. The van der Waals surface area contributed by atoms with Crippen LogP contribution in [0.5, 0.6) is 0 Å². The highest BCUT2D eigenvalue weighted by Crippen LogP contribution is 2.20. The summed E-state index contributed by atoms with van der Waals surface area (Å²) in [5, 5.41) is 0. The highest BCUT2D eigenvalue weighted by molar-refractivity contribution is 7.15. The molecular formula is C8H10N3S+. The zero-order valence-corrected chi connectivity index (χ0v) is 7.85. The van der Waals surface area contributed by atoms with Crippen LogP contribution in [-0.4, -0.2) is 9.97 Å². The lowest BCUT2D eigenvalue weighted by Gasteiger charge is -1.95. The van der Waals surface area contributed by atoms with Crippen molar-refractivity contribution >= 4 is 21.7 Å². The smallest absolute Gasteiger partial charge is 0.236 e. The van der Waals surface area contributed by atoms with Crippen molar-refractivity contribution in [1.29, 1.82) is 0 Å². The molecule has 2 aromatic rings. The minimum absolute atomic E-state index is 0.434. The first kappa shape index (κ1) is 7.61. The molecule has 0 amide bonds. The Morgan fingerprint density at radius 2 is 2.25 bits per heavy atom. The van der Waals surface area contributed by atoms with Crippen LogP contribution < -0.4 is 4.98 Å². The molecule has 2 heterocycles. The van der Waals surface area contributed by atoms with E-state index in [0.29, 0.717) is 5.92 Å². The number of aromatic nitrogens is 3. The third-order valence-corrected chi connectivity index (χ3v) is 2.51. The summed E-state index contributed by atoms with van der Waals surface area (Å²) < 4.78 is 0. The summed E-state index contributed by atoms with van der Waals surface area (Å²) in [5.74, 6) is 0.434. The van der Waals surface area contributed by atoms with E-state index < -0.39 is 0 Å². The maximum atomic E-state index is 4.27. The molecule has 0 bridgehead atoms. The van der Waals surface area contributed by atoms with Gasteiger partial charge in [0.15, 0.2) is 11.2 Å². The maximum Gasteiger partial charge on any atom is 0.285 e. The van der Waals surface area contributed by atoms with E-state index in [4.69, 9.17) is 0 Å². The number of hydrogen-bond donors (Lipinski definition) is 0. The number of thiazole rings is 1. The number of nitrogens with zero attached hydrogens (tertiary/aromatic N) is 2. The van der Waals surface area contributed by atoms with Crippen LogP contribution in [0, 0.1) is 0 Å². The standard InChI is InChI=1S/C8H9N3S/c1-5(2)6-7-8(10-3-9-6)12-4-11-7/h3-5H,1-2H3/p+1. The molecule has 4 heteroatoms. The molecular weight excluding hydrogens is 170 g/mol. The maximum absolute atomic E-state index is 4.27. The second-order valence-electron chi connectivity index (χ2n) is 2.97. The van der Waals surface area contributed by atoms with Gasteiger partial charge in [0.2, 0.25) is 4.83 Å². The molecule has 0 aliphatic carbocycles. The van der Waals surface area contributed by atoms with Gasteiger partial charge in [-0.2, -0.15) is 0 Å². The summed E-state index contributed by atoms with van der Waals surface area (Å²) in [7, 11) is 0. The molecule has 0 radical (unpaired) electrons. The Labute approximate surface area is 74.5 Å². The van der Waals surface area contributed by atoms with Gasteiger partial charge in [0.1, 0.15) is 0 Å². The van der Waals surface area contributed by atoms with Crippen LogP contribution in [-0.2, 0) is 0 Å². The summed E-state index contributed by atoms with van der Waals surface area (Å²) in [6.45, 7) is 4.25. The second-order valence-corrected chi connectivity index (χ2v) is 3.83. The SMILES string of the molecule is CC(C)c1nc[nH+]c2scnc12. The third kappa shape index (κ3) is 1.08. The first-order valence-electron chi connectivity index (χ1n) is 3.89. The van der Waals surface area contributed by atoms with E-state index >= 15 is 0 Å². The fourth-order valence-electron chi connectivity index (χ4n) is 1.18. The molecule has 12 heavy (non-hydrogen) atoms. The van der Waals surface area contributed by atoms with Crippen LogP contribution in [0.15, 0.2) is 11.8 Å². The molecule has 0 spiro atoms. The first-order chi connectivity index (χ1) is 5.79. The lowest BCUT2D eigenvalue weighted by molar-refractivity contribution is -0.346. The molecule has 0 unspecified atom stereocenters. The molecule has 1 N–H and O–H groups in total. The van der Waals surface area contributed by atoms with E-state index in [0.717, 1.165) is 16.0 Å². The van der Waals surface area contributed by atoms with Crippen molar-refractivity contribution in [3.05, 3.63) is 17.5 Å². The quantitative estimate of drug-likeness (QED) is 0.669. The molecule has 2 rings (SSSR count). The van der Waals surface area contributed by atoms with E-state index in [9.17, 15) is 0 Å². The zero-order valence-electron chi connectivity index (χ0n) is 7.03. The Kier molecular flexibility index (Phi) is 1.77. The lowest BCUT2D eigenvalue weighted by atomic mass is 10.1. The Balaban J connectivity index is 2.73. The largest absolute Gasteiger partial charge is 0.285 e. The van der Waals surface area contributed by atoms with Crippen LogP contribution in [0.25, 0.3) is 10.3 Å². The Hall–Kier alpha value is -1.03. The van der Waals surface area contributed by atoms with Crippen LogP contribution in [0.1, 0.15) is 25.5 Å². The van der Waals surface area contributed by atoms with Crippen molar-refractivity contribution in [2.75, 3.05) is 0 Å². The van der Waals surface area contributed by atoms with E-state index in [1.807, 2.05) is 5.51 Å². The normalized spacial score (nSPS) is 11.2. The summed E-state index contributed by atoms with van der Waals surface area (Å²) in [6, 6.07) is 0. The van der Waals surface area contributed by atoms with Crippen LogP contribution in [0.2, 0.25) is 0 Å². The summed E-state index contributed by atoms with van der Waals surface area (Å²) >= 11 is 1.61. The molecule has 0 aliphatic rings. The van der Waals surface area contributed by atoms with Crippen molar-refractivity contribution < 1.29 is 4.98 Å². The van der Waals surface area contributed by atoms with Gasteiger partial charge in [0.25, 0.3) is 6.33 Å². The van der Waals surface area contributed by atoms with Crippen molar-refractivity contribution in [2.45, 2.75) is 19.8 Å². The molecule has 0 saturated carbocycles. The van der Waals surface area contributed by atoms with Crippen molar-refractivity contribution in [3.8, 4) is 0 Å². The first-order valence-corrected chi connectivity index (χ1v) is 4.77. The topological polar surface area (TPSA) is 39.9 Å². The van der Waals surface area contributed by atoms with Crippen molar-refractivity contribution in [2.24, 2.45) is 0 Å². The highest BCUT2D eigenvalue weighted by Gasteiger charge is 2.14. The number of nitrogens with one attached hydrogen (secondary N) is 1. The van der Waals surface area contributed by atoms with E-state index in [2.05, 4.69) is 28.8 Å². The monoisotopic (exact) mass is 180 g/mol. The second kappa shape index (κ2) is 2.79. The number of hydrogen-bond acceptors (Lipinski definition) is 3. The third-order valence-electron chi connectivity index (χ3n) is 1.76. The van der Waals surface area contributed by atoms with Crippen LogP contribution in [0.4, 0.5) is 0 Å². The molecule has 0 saturated heterocycles. The van der Waals surface area contributed by atoms with Crippen molar-refractivity contribution in [1.82, 2.24) is 9.97 Å². The van der Waals surface area contributed by atoms with E-state index in [1.54, 1.807) is 17.7 Å². The van der Waals surface area contributed by atoms with Crippen LogP contribution >= 0.6 is 11.3 Å². The minimum atomic E-state index is 0.434. The van der Waals surface area contributed by atoms with Crippen LogP contribution in [0.3, 0.4) is 0 Å². The van der Waals surface area contributed by atoms with Gasteiger partial charge in [-0.1, -0.05) is 30.2 Å². The van der Waals surface area contributed by atoms with Gasteiger partial charge in [0.05, 0.1) is 5.51 Å². The summed E-state index contributed by atoms with van der Waals surface area (Å²) in [4.78, 5) is 12.7. The fraction of sp³-hybridized carbons (Fsp3) is 0.375. The molecule has 3 nitrogen and oxygen atoms in total. The highest BCUT2D eigenvalue weighted by atomic mass is 32.1. The lowest BCUT2D eigenvalue weighted by Crippen LogP contribution is -2.06. The molecule has 0 atom stereocenters. The molecule has 0 aliphatic heterocycles. The molecule has 62 valence electrons. The predicted octanol–water partition coefficient (Wildman–Crippen LogP) is 1.63. The molecule has 0 aromatic carbocycles.